The Kier molecular flexibility index (Phi) is 2.71. The Morgan fingerprint density at radius 1 is 1.24 bits per heavy atom. The highest BCUT2D eigenvalue weighted by atomic mass is 19.1. The largest absolute Gasteiger partial charge is 0.375 e. The van der Waals surface area contributed by atoms with Crippen molar-refractivity contribution in [1.82, 2.24) is 0 Å². The lowest BCUT2D eigenvalue weighted by Gasteiger charge is -2.27. The number of rotatable bonds is 2. The summed E-state index contributed by atoms with van der Waals surface area (Å²) in [6.07, 6.45) is 4.22. The lowest BCUT2D eigenvalue weighted by Crippen LogP contribution is -2.30. The van der Waals surface area contributed by atoms with Crippen LogP contribution in [0.5, 0.6) is 0 Å². The van der Waals surface area contributed by atoms with E-state index >= 15 is 0 Å². The van der Waals surface area contributed by atoms with Gasteiger partial charge in [-0.05, 0) is 37.8 Å². The van der Waals surface area contributed by atoms with Gasteiger partial charge in [-0.25, -0.2) is 4.39 Å². The summed E-state index contributed by atoms with van der Waals surface area (Å²) in [6.45, 7) is 0. The zero-order chi connectivity index (χ0) is 11.8. The highest BCUT2D eigenvalue weighted by Crippen LogP contribution is 2.37. The van der Waals surface area contributed by atoms with Crippen molar-refractivity contribution in [2.75, 3.05) is 0 Å². The van der Waals surface area contributed by atoms with Crippen LogP contribution in [0.25, 0.3) is 0 Å². The van der Waals surface area contributed by atoms with E-state index in [2.05, 4.69) is 0 Å². The molecular weight excluding hydrogens is 219 g/mol. The van der Waals surface area contributed by atoms with Crippen LogP contribution in [0.1, 0.15) is 36.0 Å². The van der Waals surface area contributed by atoms with Crippen molar-refractivity contribution < 1.29 is 13.9 Å². The summed E-state index contributed by atoms with van der Waals surface area (Å²) in [5.41, 5.74) is 0.497. The van der Waals surface area contributed by atoms with Crippen molar-refractivity contribution in [2.45, 2.75) is 37.9 Å². The number of Topliss-reactive ketones (excluding diaryl/α,β-unsaturated/α-hetero) is 1. The van der Waals surface area contributed by atoms with Gasteiger partial charge in [-0.3, -0.25) is 4.79 Å². The van der Waals surface area contributed by atoms with Gasteiger partial charge in [-0.2, -0.15) is 0 Å². The number of carbonyl (C=O) groups is 1. The molecule has 0 spiro atoms. The Morgan fingerprint density at radius 3 is 2.59 bits per heavy atom. The van der Waals surface area contributed by atoms with E-state index in [1.54, 1.807) is 12.1 Å². The SMILES string of the molecule is O=C(c1cccc(F)c1)C1CC2CCC(C1)O2. The van der Waals surface area contributed by atoms with Gasteiger partial charge >= 0.3 is 0 Å². The molecule has 0 radical (unpaired) electrons. The summed E-state index contributed by atoms with van der Waals surface area (Å²) in [6, 6.07) is 5.99. The molecule has 1 aromatic carbocycles. The van der Waals surface area contributed by atoms with Gasteiger partial charge in [0.05, 0.1) is 12.2 Å². The Hall–Kier alpha value is -1.22. The zero-order valence-corrected chi connectivity index (χ0v) is 9.56. The summed E-state index contributed by atoms with van der Waals surface area (Å²) in [7, 11) is 0. The van der Waals surface area contributed by atoms with Crippen LogP contribution in [0.4, 0.5) is 4.39 Å². The Morgan fingerprint density at radius 2 is 1.94 bits per heavy atom. The Balaban J connectivity index is 1.78. The number of hydrogen-bond acceptors (Lipinski definition) is 2. The first-order valence-corrected chi connectivity index (χ1v) is 6.17. The molecule has 3 rings (SSSR count). The second-order valence-electron chi connectivity index (χ2n) is 5.00. The number of halogens is 1. The van der Waals surface area contributed by atoms with Gasteiger partial charge in [0.2, 0.25) is 0 Å². The molecule has 2 atom stereocenters. The molecule has 0 saturated carbocycles. The molecular formula is C14H15FO2. The molecule has 0 aromatic heterocycles. The van der Waals surface area contributed by atoms with Crippen LogP contribution in [0.3, 0.4) is 0 Å². The van der Waals surface area contributed by atoms with Gasteiger partial charge < -0.3 is 4.74 Å². The average molecular weight is 234 g/mol. The smallest absolute Gasteiger partial charge is 0.166 e. The fraction of sp³-hybridized carbons (Fsp3) is 0.500. The lowest BCUT2D eigenvalue weighted by atomic mass is 9.88. The molecule has 2 nitrogen and oxygen atoms in total. The van der Waals surface area contributed by atoms with Gasteiger partial charge in [0, 0.05) is 11.5 Å². The van der Waals surface area contributed by atoms with E-state index in [0.29, 0.717) is 5.56 Å². The van der Waals surface area contributed by atoms with Crippen molar-refractivity contribution in [3.05, 3.63) is 35.6 Å². The predicted octanol–water partition coefficient (Wildman–Crippen LogP) is 2.97. The molecule has 2 aliphatic heterocycles. The first-order chi connectivity index (χ1) is 8.22. The molecule has 2 unspecified atom stereocenters. The van der Waals surface area contributed by atoms with Crippen LogP contribution in [0.2, 0.25) is 0 Å². The Labute approximate surface area is 99.8 Å². The second-order valence-corrected chi connectivity index (χ2v) is 5.00. The lowest BCUT2D eigenvalue weighted by molar-refractivity contribution is -0.0149. The molecule has 0 aliphatic carbocycles. The maximum atomic E-state index is 13.1. The van der Waals surface area contributed by atoms with Crippen molar-refractivity contribution in [3.8, 4) is 0 Å². The zero-order valence-electron chi connectivity index (χ0n) is 9.56. The first kappa shape index (κ1) is 10.9. The third kappa shape index (κ3) is 2.12. The first-order valence-electron chi connectivity index (χ1n) is 6.17. The molecule has 2 bridgehead atoms. The van der Waals surface area contributed by atoms with E-state index < -0.39 is 0 Å². The summed E-state index contributed by atoms with van der Waals surface area (Å²) >= 11 is 0. The standard InChI is InChI=1S/C14H15FO2/c15-11-3-1-2-9(6-11)14(16)10-7-12-4-5-13(8-10)17-12/h1-3,6,10,12-13H,4-5,7-8H2. The summed E-state index contributed by atoms with van der Waals surface area (Å²) in [4.78, 5) is 12.2. The van der Waals surface area contributed by atoms with Gasteiger partial charge in [0.1, 0.15) is 5.82 Å². The third-order valence-electron chi connectivity index (χ3n) is 3.77. The van der Waals surface area contributed by atoms with E-state index in [0.717, 1.165) is 25.7 Å². The molecule has 2 heterocycles. The van der Waals surface area contributed by atoms with Crippen LogP contribution in [-0.4, -0.2) is 18.0 Å². The highest BCUT2D eigenvalue weighted by molar-refractivity contribution is 5.97. The highest BCUT2D eigenvalue weighted by Gasteiger charge is 2.38. The Bertz CT molecular complexity index is 432. The van der Waals surface area contributed by atoms with E-state index in [1.807, 2.05) is 0 Å². The van der Waals surface area contributed by atoms with Crippen molar-refractivity contribution in [1.29, 1.82) is 0 Å². The fourth-order valence-electron chi connectivity index (χ4n) is 2.95. The summed E-state index contributed by atoms with van der Waals surface area (Å²) in [5.74, 6) is -0.251. The normalized spacial score (nSPS) is 31.5. The minimum absolute atomic E-state index is 0.0167. The molecule has 2 saturated heterocycles. The van der Waals surface area contributed by atoms with E-state index in [9.17, 15) is 9.18 Å². The van der Waals surface area contributed by atoms with Crippen LogP contribution in [0, 0.1) is 11.7 Å². The van der Waals surface area contributed by atoms with Crippen molar-refractivity contribution in [2.24, 2.45) is 5.92 Å². The topological polar surface area (TPSA) is 26.3 Å². The van der Waals surface area contributed by atoms with Crippen LogP contribution in [-0.2, 0) is 4.74 Å². The van der Waals surface area contributed by atoms with E-state index in [4.69, 9.17) is 4.74 Å². The van der Waals surface area contributed by atoms with Gasteiger partial charge in [0.15, 0.2) is 5.78 Å². The summed E-state index contributed by atoms with van der Waals surface area (Å²) < 4.78 is 18.8. The minimum Gasteiger partial charge on any atom is -0.375 e. The molecule has 17 heavy (non-hydrogen) atoms. The minimum atomic E-state index is -0.342. The van der Waals surface area contributed by atoms with Crippen molar-refractivity contribution in [3.63, 3.8) is 0 Å². The molecule has 2 aliphatic rings. The number of benzene rings is 1. The van der Waals surface area contributed by atoms with Crippen molar-refractivity contribution >= 4 is 5.78 Å². The van der Waals surface area contributed by atoms with E-state index in [-0.39, 0.29) is 29.7 Å². The van der Waals surface area contributed by atoms with E-state index in [1.165, 1.54) is 12.1 Å². The third-order valence-corrected chi connectivity index (χ3v) is 3.77. The molecule has 0 N–H and O–H groups in total. The number of fused-ring (bicyclic) bond motifs is 2. The molecule has 0 amide bonds. The summed E-state index contributed by atoms with van der Waals surface area (Å²) in [5, 5.41) is 0. The molecule has 3 heteroatoms. The quantitative estimate of drug-likeness (QED) is 0.735. The van der Waals surface area contributed by atoms with Gasteiger partial charge in [-0.1, -0.05) is 12.1 Å². The number of hydrogen-bond donors (Lipinski definition) is 0. The molecule has 1 aromatic rings. The molecule has 2 fully saturated rings. The van der Waals surface area contributed by atoms with Gasteiger partial charge in [0.25, 0.3) is 0 Å². The maximum absolute atomic E-state index is 13.1. The molecule has 90 valence electrons. The number of ether oxygens (including phenoxy) is 1. The number of ketones is 1. The van der Waals surface area contributed by atoms with Crippen LogP contribution >= 0.6 is 0 Å². The monoisotopic (exact) mass is 234 g/mol. The predicted molar refractivity (Wildman–Crippen MR) is 61.3 cm³/mol. The van der Waals surface area contributed by atoms with Crippen LogP contribution < -0.4 is 0 Å². The number of carbonyl (C=O) groups excluding carboxylic acids is 1. The van der Waals surface area contributed by atoms with Gasteiger partial charge in [-0.15, -0.1) is 0 Å². The second kappa shape index (κ2) is 4.22. The van der Waals surface area contributed by atoms with Crippen LogP contribution in [0.15, 0.2) is 24.3 Å². The fourth-order valence-corrected chi connectivity index (χ4v) is 2.95. The maximum Gasteiger partial charge on any atom is 0.166 e. The average Bonchev–Trinajstić information content (AvgIpc) is 2.67.